The standard InChI is InChI=1S/C17H19NO6/c19-8-13(16(23)17(24)15(22)9-20)18-7-12-5-10-3-1-2-4-11(10)6-14(12)21/h1-8,13,15-17,20-24H,9H2/t13-,15+,16+,17+/m0/s1. The Morgan fingerprint density at radius 1 is 1.04 bits per heavy atom. The van der Waals surface area contributed by atoms with Gasteiger partial charge in [0.15, 0.2) is 0 Å². The second kappa shape index (κ2) is 7.98. The van der Waals surface area contributed by atoms with Gasteiger partial charge < -0.3 is 30.3 Å². The predicted molar refractivity (Wildman–Crippen MR) is 88.2 cm³/mol. The van der Waals surface area contributed by atoms with E-state index in [9.17, 15) is 25.2 Å². The van der Waals surface area contributed by atoms with Crippen molar-refractivity contribution in [2.24, 2.45) is 4.99 Å². The van der Waals surface area contributed by atoms with Crippen LogP contribution >= 0.6 is 0 Å². The van der Waals surface area contributed by atoms with Gasteiger partial charge in [-0.05, 0) is 22.9 Å². The molecule has 7 nitrogen and oxygen atoms in total. The summed E-state index contributed by atoms with van der Waals surface area (Å²) in [6, 6.07) is 9.22. The van der Waals surface area contributed by atoms with E-state index >= 15 is 0 Å². The highest BCUT2D eigenvalue weighted by molar-refractivity contribution is 5.94. The smallest absolute Gasteiger partial charge is 0.147 e. The van der Waals surface area contributed by atoms with Crippen molar-refractivity contribution in [3.05, 3.63) is 42.0 Å². The summed E-state index contributed by atoms with van der Waals surface area (Å²) in [6.07, 6.45) is -3.49. The number of rotatable bonds is 7. The summed E-state index contributed by atoms with van der Waals surface area (Å²) in [6.45, 7) is -0.765. The number of hydrogen-bond donors (Lipinski definition) is 5. The minimum Gasteiger partial charge on any atom is -0.507 e. The fourth-order valence-corrected chi connectivity index (χ4v) is 2.26. The van der Waals surface area contributed by atoms with Crippen LogP contribution in [0.5, 0.6) is 5.75 Å². The van der Waals surface area contributed by atoms with Crippen LogP contribution in [-0.2, 0) is 4.79 Å². The lowest BCUT2D eigenvalue weighted by Crippen LogP contribution is -2.45. The van der Waals surface area contributed by atoms with Crippen LogP contribution in [0.2, 0.25) is 0 Å². The van der Waals surface area contributed by atoms with Crippen LogP contribution in [0.4, 0.5) is 0 Å². The molecule has 0 aromatic heterocycles. The molecule has 0 radical (unpaired) electrons. The molecule has 2 rings (SSSR count). The maximum absolute atomic E-state index is 11.1. The first-order valence-corrected chi connectivity index (χ1v) is 7.33. The lowest BCUT2D eigenvalue weighted by atomic mass is 10.0. The van der Waals surface area contributed by atoms with E-state index in [1.807, 2.05) is 24.3 Å². The van der Waals surface area contributed by atoms with Crippen molar-refractivity contribution in [1.82, 2.24) is 0 Å². The van der Waals surface area contributed by atoms with Gasteiger partial charge in [0.1, 0.15) is 36.4 Å². The number of phenols is 1. The van der Waals surface area contributed by atoms with Crippen molar-refractivity contribution in [1.29, 1.82) is 0 Å². The van der Waals surface area contributed by atoms with E-state index in [0.717, 1.165) is 10.8 Å². The summed E-state index contributed by atoms with van der Waals surface area (Å²) in [4.78, 5) is 15.0. The number of fused-ring (bicyclic) bond motifs is 1. The van der Waals surface area contributed by atoms with Crippen LogP contribution in [0.15, 0.2) is 41.4 Å². The van der Waals surface area contributed by atoms with Crippen LogP contribution in [0, 0.1) is 0 Å². The van der Waals surface area contributed by atoms with Crippen LogP contribution in [0.25, 0.3) is 10.8 Å². The molecule has 0 aliphatic heterocycles. The van der Waals surface area contributed by atoms with Gasteiger partial charge in [-0.25, -0.2) is 0 Å². The summed E-state index contributed by atoms with van der Waals surface area (Å²) in [5, 5.41) is 49.3. The zero-order valence-corrected chi connectivity index (χ0v) is 12.7. The molecule has 0 fully saturated rings. The zero-order chi connectivity index (χ0) is 17.7. The normalized spacial score (nSPS) is 16.8. The molecule has 2 aromatic rings. The molecule has 7 heteroatoms. The van der Waals surface area contributed by atoms with Crippen molar-refractivity contribution < 1.29 is 30.3 Å². The number of carbonyl (C=O) groups excluding carboxylic acids is 1. The quantitative estimate of drug-likeness (QED) is 0.346. The molecule has 0 bridgehead atoms. The number of aliphatic imine (C=N–C) groups is 1. The van der Waals surface area contributed by atoms with Gasteiger partial charge in [0, 0.05) is 11.8 Å². The van der Waals surface area contributed by atoms with E-state index in [4.69, 9.17) is 5.11 Å². The number of aromatic hydroxyl groups is 1. The Balaban J connectivity index is 2.24. The number of aldehydes is 1. The average molecular weight is 333 g/mol. The van der Waals surface area contributed by atoms with Gasteiger partial charge in [0.2, 0.25) is 0 Å². The van der Waals surface area contributed by atoms with Gasteiger partial charge >= 0.3 is 0 Å². The topological polar surface area (TPSA) is 131 Å². The Kier molecular flexibility index (Phi) is 5.99. The highest BCUT2D eigenvalue weighted by Gasteiger charge is 2.30. The van der Waals surface area contributed by atoms with Crippen molar-refractivity contribution in [3.8, 4) is 5.75 Å². The van der Waals surface area contributed by atoms with Gasteiger partial charge in [0.25, 0.3) is 0 Å². The van der Waals surface area contributed by atoms with Crippen LogP contribution in [-0.4, -0.2) is 69.0 Å². The van der Waals surface area contributed by atoms with Crippen LogP contribution in [0.1, 0.15) is 5.56 Å². The highest BCUT2D eigenvalue weighted by atomic mass is 16.4. The molecule has 0 heterocycles. The molecule has 2 aromatic carbocycles. The van der Waals surface area contributed by atoms with E-state index in [1.54, 1.807) is 12.1 Å². The Bertz CT molecular complexity index is 732. The van der Waals surface area contributed by atoms with Gasteiger partial charge in [-0.2, -0.15) is 0 Å². The molecule has 0 saturated heterocycles. The summed E-state index contributed by atoms with van der Waals surface area (Å²) in [5.41, 5.74) is 0.338. The summed E-state index contributed by atoms with van der Waals surface area (Å²) in [7, 11) is 0. The lowest BCUT2D eigenvalue weighted by molar-refractivity contribution is -0.118. The first-order chi connectivity index (χ1) is 11.5. The van der Waals surface area contributed by atoms with E-state index in [1.165, 1.54) is 6.21 Å². The number of hydrogen-bond acceptors (Lipinski definition) is 7. The third-order valence-corrected chi connectivity index (χ3v) is 3.70. The molecule has 0 unspecified atom stereocenters. The predicted octanol–water partition coefficient (Wildman–Crippen LogP) is -0.393. The Labute approximate surface area is 138 Å². The molecule has 0 saturated carbocycles. The minimum atomic E-state index is -1.73. The highest BCUT2D eigenvalue weighted by Crippen LogP contribution is 2.23. The first-order valence-electron chi connectivity index (χ1n) is 7.33. The molecular weight excluding hydrogens is 314 g/mol. The third-order valence-electron chi connectivity index (χ3n) is 3.70. The lowest BCUT2D eigenvalue weighted by Gasteiger charge is -2.23. The maximum Gasteiger partial charge on any atom is 0.147 e. The van der Waals surface area contributed by atoms with Gasteiger partial charge in [-0.1, -0.05) is 24.3 Å². The van der Waals surface area contributed by atoms with E-state index in [2.05, 4.69) is 4.99 Å². The Hall–Kier alpha value is -2.32. The minimum absolute atomic E-state index is 0.0486. The first kappa shape index (κ1) is 18.0. The summed E-state index contributed by atoms with van der Waals surface area (Å²) < 4.78 is 0. The average Bonchev–Trinajstić information content (AvgIpc) is 2.60. The molecule has 0 aliphatic rings. The summed E-state index contributed by atoms with van der Waals surface area (Å²) >= 11 is 0. The number of phenolic OH excluding ortho intramolecular Hbond substituents is 1. The van der Waals surface area contributed by atoms with Gasteiger partial charge in [-0.3, -0.25) is 4.99 Å². The van der Waals surface area contributed by atoms with Gasteiger partial charge in [0.05, 0.1) is 6.61 Å². The number of carbonyl (C=O) groups is 1. The Morgan fingerprint density at radius 3 is 2.25 bits per heavy atom. The molecule has 4 atom stereocenters. The zero-order valence-electron chi connectivity index (χ0n) is 12.7. The summed E-state index contributed by atoms with van der Waals surface area (Å²) in [5.74, 6) is -0.0486. The fourth-order valence-electron chi connectivity index (χ4n) is 2.26. The van der Waals surface area contributed by atoms with Crippen molar-refractivity contribution in [2.45, 2.75) is 24.4 Å². The van der Waals surface area contributed by atoms with Crippen LogP contribution in [0.3, 0.4) is 0 Å². The van der Waals surface area contributed by atoms with E-state index in [0.29, 0.717) is 11.8 Å². The maximum atomic E-state index is 11.1. The molecule has 0 aliphatic carbocycles. The second-order valence-electron chi connectivity index (χ2n) is 5.39. The number of aliphatic hydroxyl groups excluding tert-OH is 4. The molecule has 5 N–H and O–H groups in total. The van der Waals surface area contributed by atoms with Crippen molar-refractivity contribution in [3.63, 3.8) is 0 Å². The molecular formula is C17H19NO6. The van der Waals surface area contributed by atoms with E-state index in [-0.39, 0.29) is 5.75 Å². The monoisotopic (exact) mass is 333 g/mol. The third kappa shape index (κ3) is 3.95. The largest absolute Gasteiger partial charge is 0.507 e. The molecule has 0 spiro atoms. The van der Waals surface area contributed by atoms with Crippen molar-refractivity contribution >= 4 is 23.3 Å². The number of aliphatic hydroxyl groups is 4. The molecule has 0 amide bonds. The van der Waals surface area contributed by atoms with Gasteiger partial charge in [-0.15, -0.1) is 0 Å². The van der Waals surface area contributed by atoms with Crippen molar-refractivity contribution in [2.75, 3.05) is 6.61 Å². The SMILES string of the molecule is O=C[C@H](N=Cc1cc2ccccc2cc1O)[C@@H](O)[C@H](O)[C@H](O)CO. The molecule has 128 valence electrons. The second-order valence-corrected chi connectivity index (χ2v) is 5.39. The Morgan fingerprint density at radius 2 is 1.67 bits per heavy atom. The number of benzene rings is 2. The molecule has 24 heavy (non-hydrogen) atoms. The van der Waals surface area contributed by atoms with E-state index < -0.39 is 31.0 Å². The fraction of sp³-hybridized carbons (Fsp3) is 0.294. The number of nitrogens with zero attached hydrogens (tertiary/aromatic N) is 1. The van der Waals surface area contributed by atoms with Crippen LogP contribution < -0.4 is 0 Å².